The average Bonchev–Trinajstić information content (AvgIpc) is 2.81. The van der Waals surface area contributed by atoms with Crippen LogP contribution >= 0.6 is 27.7 Å². The molecule has 4 heteroatoms. The summed E-state index contributed by atoms with van der Waals surface area (Å²) in [5, 5.41) is 0. The molecule has 2 bridgehead atoms. The second-order valence-corrected chi connectivity index (χ2v) is 9.14. The van der Waals surface area contributed by atoms with Gasteiger partial charge < -0.3 is 9.80 Å². The van der Waals surface area contributed by atoms with Crippen molar-refractivity contribution in [1.29, 1.82) is 0 Å². The molecule has 0 aliphatic carbocycles. The summed E-state index contributed by atoms with van der Waals surface area (Å²) in [4.78, 5) is 8.02. The maximum absolute atomic E-state index is 3.83. The lowest BCUT2D eigenvalue weighted by atomic mass is 9.95. The maximum atomic E-state index is 3.83. The number of anilines is 2. The van der Waals surface area contributed by atoms with Gasteiger partial charge in [0.05, 0.1) is 11.4 Å². The van der Waals surface area contributed by atoms with Crippen LogP contribution in [0.25, 0.3) is 0 Å². The number of benzene rings is 2. The monoisotopic (exact) mass is 400 g/mol. The first-order valence-electron chi connectivity index (χ1n) is 8.79. The molecule has 2 aromatic carbocycles. The normalized spacial score (nSPS) is 28.6. The van der Waals surface area contributed by atoms with Crippen LogP contribution in [-0.2, 0) is 0 Å². The highest BCUT2D eigenvalue weighted by molar-refractivity contribution is 9.10. The molecule has 0 spiro atoms. The van der Waals surface area contributed by atoms with Crippen LogP contribution in [0, 0.1) is 0 Å². The second-order valence-electron chi connectivity index (χ2n) is 7.20. The summed E-state index contributed by atoms with van der Waals surface area (Å²) in [6.45, 7) is 0. The lowest BCUT2D eigenvalue weighted by molar-refractivity contribution is 0.162. The summed E-state index contributed by atoms with van der Waals surface area (Å²) in [5.74, 6) is 0. The highest BCUT2D eigenvalue weighted by atomic mass is 79.9. The molecule has 0 N–H and O–H groups in total. The van der Waals surface area contributed by atoms with E-state index < -0.39 is 0 Å². The molecule has 3 aliphatic rings. The minimum absolute atomic E-state index is 0.596. The van der Waals surface area contributed by atoms with E-state index in [1.807, 2.05) is 11.8 Å². The van der Waals surface area contributed by atoms with Crippen LogP contribution < -0.4 is 4.90 Å². The van der Waals surface area contributed by atoms with Gasteiger partial charge in [-0.3, -0.25) is 0 Å². The number of hydrogen-bond acceptors (Lipinski definition) is 3. The topological polar surface area (TPSA) is 6.48 Å². The maximum Gasteiger partial charge on any atom is 0.0699 e. The van der Waals surface area contributed by atoms with Gasteiger partial charge in [0.1, 0.15) is 0 Å². The van der Waals surface area contributed by atoms with Gasteiger partial charge in [-0.1, -0.05) is 30.0 Å². The molecule has 124 valence electrons. The van der Waals surface area contributed by atoms with Crippen LogP contribution in [0.15, 0.2) is 56.7 Å². The Labute approximate surface area is 156 Å². The molecule has 0 saturated carbocycles. The Morgan fingerprint density at radius 1 is 0.917 bits per heavy atom. The van der Waals surface area contributed by atoms with Gasteiger partial charge in [0.15, 0.2) is 0 Å². The molecule has 3 heterocycles. The molecule has 2 nitrogen and oxygen atoms in total. The van der Waals surface area contributed by atoms with Crippen molar-refractivity contribution < 1.29 is 0 Å². The minimum atomic E-state index is 0.596. The standard InChI is InChI=1S/C20H21BrN2S/c1-22-13-9-10-14(22)12-15(11-13)23-17-6-2-3-7-18(17)24-19-8-4-5-16(21)20(19)23/h2-8,13-15H,9-12H2,1H3. The molecular weight excluding hydrogens is 380 g/mol. The van der Waals surface area contributed by atoms with Gasteiger partial charge in [0, 0.05) is 32.4 Å². The molecule has 5 rings (SSSR count). The summed E-state index contributed by atoms with van der Waals surface area (Å²) >= 11 is 5.73. The predicted molar refractivity (Wildman–Crippen MR) is 104 cm³/mol. The first kappa shape index (κ1) is 15.3. The van der Waals surface area contributed by atoms with E-state index in [4.69, 9.17) is 0 Å². The van der Waals surface area contributed by atoms with Gasteiger partial charge in [0.2, 0.25) is 0 Å². The third kappa shape index (κ3) is 2.27. The van der Waals surface area contributed by atoms with E-state index in [1.165, 1.54) is 51.3 Å². The summed E-state index contributed by atoms with van der Waals surface area (Å²) in [6, 6.07) is 17.6. The van der Waals surface area contributed by atoms with Crippen molar-refractivity contribution in [1.82, 2.24) is 4.90 Å². The Balaban J connectivity index is 1.63. The molecule has 2 fully saturated rings. The van der Waals surface area contributed by atoms with Gasteiger partial charge in [-0.25, -0.2) is 0 Å². The molecule has 0 amide bonds. The molecule has 3 aliphatic heterocycles. The third-order valence-electron chi connectivity index (χ3n) is 5.97. The second kappa shape index (κ2) is 5.79. The largest absolute Gasteiger partial charge is 0.335 e. The summed E-state index contributed by atoms with van der Waals surface area (Å²) in [7, 11) is 2.32. The van der Waals surface area contributed by atoms with Gasteiger partial charge in [0.25, 0.3) is 0 Å². The van der Waals surface area contributed by atoms with Crippen LogP contribution in [0.1, 0.15) is 25.7 Å². The molecule has 0 radical (unpaired) electrons. The number of fused-ring (bicyclic) bond motifs is 4. The number of rotatable bonds is 1. The van der Waals surface area contributed by atoms with Gasteiger partial charge in [-0.05, 0) is 72.9 Å². The third-order valence-corrected chi connectivity index (χ3v) is 7.73. The van der Waals surface area contributed by atoms with Crippen molar-refractivity contribution in [2.24, 2.45) is 0 Å². The van der Waals surface area contributed by atoms with Crippen LogP contribution in [0.3, 0.4) is 0 Å². The highest BCUT2D eigenvalue weighted by Crippen LogP contribution is 2.53. The molecule has 2 atom stereocenters. The van der Waals surface area contributed by atoms with Crippen LogP contribution in [0.2, 0.25) is 0 Å². The smallest absolute Gasteiger partial charge is 0.0699 e. The van der Waals surface area contributed by atoms with Crippen LogP contribution in [0.4, 0.5) is 11.4 Å². The summed E-state index contributed by atoms with van der Waals surface area (Å²) in [6.07, 6.45) is 5.27. The van der Waals surface area contributed by atoms with Crippen molar-refractivity contribution in [2.45, 2.75) is 53.6 Å². The molecule has 24 heavy (non-hydrogen) atoms. The molecule has 0 aromatic heterocycles. The van der Waals surface area contributed by atoms with Crippen molar-refractivity contribution >= 4 is 39.1 Å². The Morgan fingerprint density at radius 2 is 1.62 bits per heavy atom. The highest BCUT2D eigenvalue weighted by Gasteiger charge is 2.42. The van der Waals surface area contributed by atoms with Crippen molar-refractivity contribution in [3.8, 4) is 0 Å². The van der Waals surface area contributed by atoms with E-state index in [9.17, 15) is 0 Å². The minimum Gasteiger partial charge on any atom is -0.335 e. The van der Waals surface area contributed by atoms with Gasteiger partial charge in [-0.15, -0.1) is 0 Å². The predicted octanol–water partition coefficient (Wildman–Crippen LogP) is 5.68. The van der Waals surface area contributed by atoms with Crippen molar-refractivity contribution in [2.75, 3.05) is 11.9 Å². The number of halogens is 1. The SMILES string of the molecule is CN1C2CCC1CC(N1c3ccccc3Sc3cccc(Br)c31)C2. The lowest BCUT2D eigenvalue weighted by Gasteiger charge is -2.45. The molecular formula is C20H21BrN2S. The fourth-order valence-corrected chi connectivity index (χ4v) is 6.56. The van der Waals surface area contributed by atoms with E-state index in [2.05, 4.69) is 75.2 Å². The van der Waals surface area contributed by atoms with Crippen molar-refractivity contribution in [3.63, 3.8) is 0 Å². The van der Waals surface area contributed by atoms with Gasteiger partial charge >= 0.3 is 0 Å². The molecule has 2 unspecified atom stereocenters. The number of para-hydroxylation sites is 2. The number of nitrogens with zero attached hydrogens (tertiary/aromatic N) is 2. The van der Waals surface area contributed by atoms with E-state index in [1.54, 1.807) is 0 Å². The van der Waals surface area contributed by atoms with E-state index in [0.29, 0.717) is 6.04 Å². The first-order chi connectivity index (χ1) is 11.7. The van der Waals surface area contributed by atoms with E-state index >= 15 is 0 Å². The van der Waals surface area contributed by atoms with E-state index in [0.717, 1.165) is 12.1 Å². The number of hydrogen-bond donors (Lipinski definition) is 0. The fourth-order valence-electron chi connectivity index (χ4n) is 4.77. The lowest BCUT2D eigenvalue weighted by Crippen LogP contribution is -2.48. The Bertz CT molecular complexity index is 779. The zero-order chi connectivity index (χ0) is 16.3. The molecule has 2 saturated heterocycles. The van der Waals surface area contributed by atoms with Crippen LogP contribution in [0.5, 0.6) is 0 Å². The van der Waals surface area contributed by atoms with E-state index in [-0.39, 0.29) is 0 Å². The Kier molecular flexibility index (Phi) is 3.69. The Hall–Kier alpha value is -0.970. The van der Waals surface area contributed by atoms with Crippen molar-refractivity contribution in [3.05, 3.63) is 46.9 Å². The summed E-state index contributed by atoms with van der Waals surface area (Å²) < 4.78 is 1.22. The fraction of sp³-hybridized carbons (Fsp3) is 0.400. The first-order valence-corrected chi connectivity index (χ1v) is 10.4. The zero-order valence-electron chi connectivity index (χ0n) is 13.8. The van der Waals surface area contributed by atoms with Crippen LogP contribution in [-0.4, -0.2) is 30.1 Å². The summed E-state index contributed by atoms with van der Waals surface area (Å²) in [5.41, 5.74) is 2.76. The average molecular weight is 401 g/mol. The zero-order valence-corrected chi connectivity index (χ0v) is 16.2. The Morgan fingerprint density at radius 3 is 2.42 bits per heavy atom. The van der Waals surface area contributed by atoms with Gasteiger partial charge in [-0.2, -0.15) is 0 Å². The number of piperidine rings is 1. The molecule has 2 aromatic rings. The quantitative estimate of drug-likeness (QED) is 0.607.